The number of fused-ring (bicyclic) bond motifs is 1. The Morgan fingerprint density at radius 3 is 2.87 bits per heavy atom. The predicted octanol–water partition coefficient (Wildman–Crippen LogP) is 1.82. The summed E-state index contributed by atoms with van der Waals surface area (Å²) in [4.78, 5) is 19.6. The van der Waals surface area contributed by atoms with Gasteiger partial charge < -0.3 is 10.4 Å². The lowest BCUT2D eigenvalue weighted by molar-refractivity contribution is 0.0697. The number of hydrogen-bond donors (Lipinski definition) is 2. The van der Waals surface area contributed by atoms with E-state index >= 15 is 0 Å². The van der Waals surface area contributed by atoms with E-state index in [1.165, 1.54) is 17.1 Å². The Hall–Kier alpha value is -3.47. The molecule has 3 heterocycles. The first-order valence-corrected chi connectivity index (χ1v) is 6.85. The van der Waals surface area contributed by atoms with Crippen LogP contribution < -0.4 is 5.32 Å². The second kappa shape index (κ2) is 5.73. The van der Waals surface area contributed by atoms with Crippen molar-refractivity contribution in [2.24, 2.45) is 0 Å². The summed E-state index contributed by atoms with van der Waals surface area (Å²) < 4.78 is 1.50. The van der Waals surface area contributed by atoms with Crippen LogP contribution in [-0.2, 0) is 0 Å². The molecule has 8 nitrogen and oxygen atoms in total. The molecule has 0 radical (unpaired) electrons. The average molecular weight is 308 g/mol. The van der Waals surface area contributed by atoms with E-state index in [9.17, 15) is 9.90 Å². The minimum Gasteiger partial charge on any atom is -0.478 e. The topological polar surface area (TPSA) is 117 Å². The van der Waals surface area contributed by atoms with Gasteiger partial charge in [0.25, 0.3) is 0 Å². The Kier molecular flexibility index (Phi) is 3.60. The highest BCUT2D eigenvalue weighted by molar-refractivity contribution is 5.94. The molecule has 0 aliphatic heterocycles. The fourth-order valence-corrected chi connectivity index (χ4v) is 2.22. The van der Waals surface area contributed by atoms with Crippen molar-refractivity contribution in [2.75, 3.05) is 11.9 Å². The van der Waals surface area contributed by atoms with Gasteiger partial charge in [-0.25, -0.2) is 14.8 Å². The molecule has 114 valence electrons. The molecule has 0 bridgehead atoms. The predicted molar refractivity (Wildman–Crippen MR) is 82.5 cm³/mol. The largest absolute Gasteiger partial charge is 0.478 e. The first-order valence-electron chi connectivity index (χ1n) is 6.85. The smallest absolute Gasteiger partial charge is 0.339 e. The van der Waals surface area contributed by atoms with Gasteiger partial charge in [-0.2, -0.15) is 15.0 Å². The van der Waals surface area contributed by atoms with Crippen LogP contribution in [0, 0.1) is 11.3 Å². The lowest BCUT2D eigenvalue weighted by atomic mass is 10.2. The summed E-state index contributed by atoms with van der Waals surface area (Å²) in [5.74, 6) is -0.611. The van der Waals surface area contributed by atoms with Crippen LogP contribution in [0.25, 0.3) is 16.9 Å². The van der Waals surface area contributed by atoms with Crippen molar-refractivity contribution in [1.29, 1.82) is 5.26 Å². The number of carbonyl (C=O) groups is 1. The Bertz CT molecular complexity index is 941. The van der Waals surface area contributed by atoms with Crippen molar-refractivity contribution >= 4 is 22.7 Å². The maximum absolute atomic E-state index is 11.2. The quantitative estimate of drug-likeness (QED) is 0.754. The molecule has 0 aliphatic rings. The second-order valence-corrected chi connectivity index (χ2v) is 4.73. The molecule has 2 N–H and O–H groups in total. The number of anilines is 1. The van der Waals surface area contributed by atoms with Crippen LogP contribution in [0.4, 0.5) is 5.69 Å². The van der Waals surface area contributed by atoms with Crippen LogP contribution in [0.15, 0.2) is 30.7 Å². The van der Waals surface area contributed by atoms with Crippen LogP contribution in [-0.4, -0.2) is 37.4 Å². The number of rotatable bonds is 4. The van der Waals surface area contributed by atoms with E-state index in [0.29, 0.717) is 34.6 Å². The van der Waals surface area contributed by atoms with Gasteiger partial charge in [-0.05, 0) is 13.0 Å². The first-order chi connectivity index (χ1) is 11.1. The summed E-state index contributed by atoms with van der Waals surface area (Å²) in [7, 11) is 0. The van der Waals surface area contributed by atoms with Crippen molar-refractivity contribution in [2.45, 2.75) is 6.92 Å². The summed E-state index contributed by atoms with van der Waals surface area (Å²) in [5.41, 5.74) is 1.54. The molecule has 0 atom stereocenters. The molecule has 0 aliphatic carbocycles. The molecule has 0 unspecified atom stereocenters. The van der Waals surface area contributed by atoms with Crippen LogP contribution in [0.2, 0.25) is 0 Å². The number of nitrogens with one attached hydrogen (secondary N) is 1. The monoisotopic (exact) mass is 308 g/mol. The third kappa shape index (κ3) is 2.55. The highest BCUT2D eigenvalue weighted by Gasteiger charge is 2.14. The lowest BCUT2D eigenvalue weighted by Gasteiger charge is -2.09. The van der Waals surface area contributed by atoms with E-state index in [4.69, 9.17) is 5.26 Å². The SMILES string of the molecule is CCNc1cc(-n2ncc3cc(C#N)cnc32)ncc1C(=O)O. The molecular weight excluding hydrogens is 296 g/mol. The van der Waals surface area contributed by atoms with E-state index in [1.54, 1.807) is 18.3 Å². The van der Waals surface area contributed by atoms with Gasteiger partial charge in [0, 0.05) is 30.4 Å². The zero-order valence-corrected chi connectivity index (χ0v) is 12.2. The van der Waals surface area contributed by atoms with Gasteiger partial charge in [0.2, 0.25) is 0 Å². The average Bonchev–Trinajstić information content (AvgIpc) is 2.97. The maximum atomic E-state index is 11.2. The number of nitriles is 1. The normalized spacial score (nSPS) is 10.4. The zero-order valence-electron chi connectivity index (χ0n) is 12.2. The van der Waals surface area contributed by atoms with E-state index in [-0.39, 0.29) is 5.56 Å². The number of nitrogens with zero attached hydrogens (tertiary/aromatic N) is 5. The molecular formula is C15H12N6O2. The molecule has 8 heteroatoms. The van der Waals surface area contributed by atoms with E-state index < -0.39 is 5.97 Å². The standard InChI is InChI=1S/C15H12N6O2/c1-2-17-12-4-13(18-8-11(12)15(22)23)21-14-10(7-20-21)3-9(5-16)6-19-14/h3-4,6-8H,2H2,1H3,(H,17,18)(H,22,23). The maximum Gasteiger partial charge on any atom is 0.339 e. The highest BCUT2D eigenvalue weighted by atomic mass is 16.4. The van der Waals surface area contributed by atoms with Gasteiger partial charge in [0.1, 0.15) is 11.6 Å². The van der Waals surface area contributed by atoms with Crippen molar-refractivity contribution < 1.29 is 9.90 Å². The van der Waals surface area contributed by atoms with Crippen molar-refractivity contribution in [3.8, 4) is 11.9 Å². The summed E-state index contributed by atoms with van der Waals surface area (Å²) >= 11 is 0. The molecule has 0 saturated carbocycles. The number of aromatic nitrogens is 4. The molecule has 3 aromatic rings. The summed E-state index contributed by atoms with van der Waals surface area (Å²) in [6.45, 7) is 2.45. The number of carboxylic acid groups (broad SMARTS) is 1. The number of aromatic carboxylic acids is 1. The van der Waals surface area contributed by atoms with Crippen LogP contribution in [0.3, 0.4) is 0 Å². The van der Waals surface area contributed by atoms with Crippen LogP contribution in [0.1, 0.15) is 22.8 Å². The van der Waals surface area contributed by atoms with E-state index in [1.807, 2.05) is 13.0 Å². The number of hydrogen-bond acceptors (Lipinski definition) is 6. The molecule has 0 aromatic carbocycles. The number of pyridine rings is 2. The third-order valence-electron chi connectivity index (χ3n) is 3.24. The molecule has 0 saturated heterocycles. The molecule has 0 spiro atoms. The summed E-state index contributed by atoms with van der Waals surface area (Å²) in [6.07, 6.45) is 4.33. The molecule has 23 heavy (non-hydrogen) atoms. The van der Waals surface area contributed by atoms with E-state index in [2.05, 4.69) is 20.4 Å². The van der Waals surface area contributed by atoms with Gasteiger partial charge in [0.15, 0.2) is 11.5 Å². The first kappa shape index (κ1) is 14.5. The fourth-order valence-electron chi connectivity index (χ4n) is 2.22. The molecule has 0 amide bonds. The zero-order chi connectivity index (χ0) is 16.4. The summed E-state index contributed by atoms with van der Waals surface area (Å²) in [6, 6.07) is 5.32. The third-order valence-corrected chi connectivity index (χ3v) is 3.24. The number of carboxylic acids is 1. The minimum absolute atomic E-state index is 0.0896. The Morgan fingerprint density at radius 1 is 1.35 bits per heavy atom. The van der Waals surface area contributed by atoms with Gasteiger partial charge in [-0.15, -0.1) is 0 Å². The Labute approximate surface area is 131 Å². The van der Waals surface area contributed by atoms with Gasteiger partial charge >= 0.3 is 5.97 Å². The van der Waals surface area contributed by atoms with Gasteiger partial charge in [-0.1, -0.05) is 0 Å². The molecule has 3 rings (SSSR count). The molecule has 0 fully saturated rings. The Balaban J connectivity index is 2.13. The van der Waals surface area contributed by atoms with Crippen molar-refractivity contribution in [1.82, 2.24) is 19.7 Å². The summed E-state index contributed by atoms with van der Waals surface area (Å²) in [5, 5.41) is 26.0. The van der Waals surface area contributed by atoms with Crippen molar-refractivity contribution in [3.05, 3.63) is 41.9 Å². The fraction of sp³-hybridized carbons (Fsp3) is 0.133. The highest BCUT2D eigenvalue weighted by Crippen LogP contribution is 2.21. The van der Waals surface area contributed by atoms with E-state index in [0.717, 1.165) is 0 Å². The Morgan fingerprint density at radius 2 is 2.17 bits per heavy atom. The minimum atomic E-state index is -1.05. The van der Waals surface area contributed by atoms with Crippen LogP contribution in [0.5, 0.6) is 0 Å². The second-order valence-electron chi connectivity index (χ2n) is 4.73. The van der Waals surface area contributed by atoms with Gasteiger partial charge in [0.05, 0.1) is 17.4 Å². The molecule has 3 aromatic heterocycles. The van der Waals surface area contributed by atoms with Gasteiger partial charge in [-0.3, -0.25) is 0 Å². The van der Waals surface area contributed by atoms with Crippen molar-refractivity contribution in [3.63, 3.8) is 0 Å². The van der Waals surface area contributed by atoms with Crippen LogP contribution >= 0.6 is 0 Å². The lowest BCUT2D eigenvalue weighted by Crippen LogP contribution is -2.09.